The average molecular weight is 336 g/mol. The van der Waals surface area contributed by atoms with Crippen molar-refractivity contribution in [1.29, 1.82) is 0 Å². The van der Waals surface area contributed by atoms with Crippen LogP contribution in [0.2, 0.25) is 0 Å². The molecule has 0 bridgehead atoms. The summed E-state index contributed by atoms with van der Waals surface area (Å²) in [6, 6.07) is 11.8. The third-order valence-corrected chi connectivity index (χ3v) is 4.77. The first-order valence-electron chi connectivity index (χ1n) is 7.63. The first kappa shape index (κ1) is 17.3. The molecule has 0 aliphatic heterocycles. The summed E-state index contributed by atoms with van der Waals surface area (Å²) in [6.45, 7) is 3.05. The molecule has 6 heteroatoms. The largest absolute Gasteiger partial charge is 0.385 e. The van der Waals surface area contributed by atoms with Gasteiger partial charge in [-0.15, -0.1) is 0 Å². The second kappa shape index (κ2) is 7.97. The van der Waals surface area contributed by atoms with Crippen LogP contribution in [-0.2, 0) is 10.0 Å². The molecule has 2 N–H and O–H groups in total. The Morgan fingerprint density at radius 2 is 1.52 bits per heavy atom. The van der Waals surface area contributed by atoms with E-state index in [4.69, 9.17) is 0 Å². The van der Waals surface area contributed by atoms with Crippen LogP contribution in [0.25, 0.3) is 0 Å². The van der Waals surface area contributed by atoms with Crippen LogP contribution in [0.3, 0.4) is 0 Å². The maximum absolute atomic E-state index is 12.9. The minimum Gasteiger partial charge on any atom is -0.385 e. The van der Waals surface area contributed by atoms with E-state index < -0.39 is 15.8 Å². The van der Waals surface area contributed by atoms with Gasteiger partial charge in [0.2, 0.25) is 0 Å². The van der Waals surface area contributed by atoms with Crippen molar-refractivity contribution >= 4 is 21.4 Å². The van der Waals surface area contributed by atoms with Crippen LogP contribution in [0.5, 0.6) is 0 Å². The van der Waals surface area contributed by atoms with E-state index in [1.165, 1.54) is 25.0 Å². The number of anilines is 2. The predicted octanol–water partition coefficient (Wildman–Crippen LogP) is 4.23. The van der Waals surface area contributed by atoms with Crippen molar-refractivity contribution in [3.05, 3.63) is 54.3 Å². The molecular formula is C17H21FN2O2S. The molecule has 124 valence electrons. The second-order valence-electron chi connectivity index (χ2n) is 5.27. The highest BCUT2D eigenvalue weighted by atomic mass is 32.2. The summed E-state index contributed by atoms with van der Waals surface area (Å²) in [5.74, 6) is -0.470. The molecule has 0 amide bonds. The number of halogens is 1. The molecule has 0 fully saturated rings. The minimum absolute atomic E-state index is 0.0284. The summed E-state index contributed by atoms with van der Waals surface area (Å²) < 4.78 is 39.7. The molecule has 4 nitrogen and oxygen atoms in total. The lowest BCUT2D eigenvalue weighted by Crippen LogP contribution is -2.13. The number of rotatable bonds is 8. The molecular weight excluding hydrogens is 315 g/mol. The van der Waals surface area contributed by atoms with E-state index >= 15 is 0 Å². The highest BCUT2D eigenvalue weighted by Gasteiger charge is 2.13. The molecule has 0 aliphatic rings. The van der Waals surface area contributed by atoms with Gasteiger partial charge in [0.15, 0.2) is 0 Å². The molecule has 0 spiro atoms. The average Bonchev–Trinajstić information content (AvgIpc) is 2.53. The van der Waals surface area contributed by atoms with Gasteiger partial charge in [-0.25, -0.2) is 12.8 Å². The fraction of sp³-hybridized carbons (Fsp3) is 0.294. The zero-order valence-electron chi connectivity index (χ0n) is 13.0. The Morgan fingerprint density at radius 1 is 0.913 bits per heavy atom. The number of sulfonamides is 1. The van der Waals surface area contributed by atoms with Crippen LogP contribution in [-0.4, -0.2) is 15.0 Å². The Morgan fingerprint density at radius 3 is 2.13 bits per heavy atom. The van der Waals surface area contributed by atoms with E-state index in [0.717, 1.165) is 30.8 Å². The van der Waals surface area contributed by atoms with E-state index in [0.29, 0.717) is 5.69 Å². The summed E-state index contributed by atoms with van der Waals surface area (Å²) in [5, 5.41) is 3.29. The van der Waals surface area contributed by atoms with Crippen LogP contribution in [0.1, 0.15) is 26.2 Å². The van der Waals surface area contributed by atoms with Gasteiger partial charge in [-0.05, 0) is 55.0 Å². The smallest absolute Gasteiger partial charge is 0.261 e. The quantitative estimate of drug-likeness (QED) is 0.709. The number of benzene rings is 2. The van der Waals surface area contributed by atoms with E-state index in [9.17, 15) is 12.8 Å². The highest BCUT2D eigenvalue weighted by molar-refractivity contribution is 7.92. The zero-order chi connectivity index (χ0) is 16.7. The Labute approximate surface area is 136 Å². The van der Waals surface area contributed by atoms with Gasteiger partial charge in [-0.3, -0.25) is 4.72 Å². The van der Waals surface area contributed by atoms with E-state index in [2.05, 4.69) is 17.0 Å². The third kappa shape index (κ3) is 5.25. The normalized spacial score (nSPS) is 11.2. The lowest BCUT2D eigenvalue weighted by atomic mass is 10.2. The molecule has 0 saturated heterocycles. The van der Waals surface area contributed by atoms with Gasteiger partial charge in [-0.2, -0.15) is 0 Å². The van der Waals surface area contributed by atoms with Gasteiger partial charge >= 0.3 is 0 Å². The van der Waals surface area contributed by atoms with Crippen molar-refractivity contribution in [1.82, 2.24) is 0 Å². The number of nitrogens with one attached hydrogen (secondary N) is 2. The Bertz CT molecular complexity index is 713. The summed E-state index contributed by atoms with van der Waals surface area (Å²) in [7, 11) is -3.70. The van der Waals surface area contributed by atoms with Gasteiger partial charge in [0.1, 0.15) is 5.82 Å². The zero-order valence-corrected chi connectivity index (χ0v) is 13.9. The van der Waals surface area contributed by atoms with E-state index in [1.807, 2.05) is 12.1 Å². The number of unbranched alkanes of at least 4 members (excludes halogenated alkanes) is 2. The molecule has 23 heavy (non-hydrogen) atoms. The SMILES string of the molecule is CCCCCNc1ccc(NS(=O)(=O)c2ccc(F)cc2)cc1. The molecule has 0 aliphatic carbocycles. The fourth-order valence-corrected chi connectivity index (χ4v) is 3.15. The van der Waals surface area contributed by atoms with Crippen LogP contribution in [0.15, 0.2) is 53.4 Å². The number of hydrogen-bond donors (Lipinski definition) is 2. The first-order valence-corrected chi connectivity index (χ1v) is 9.12. The monoisotopic (exact) mass is 336 g/mol. The van der Waals surface area contributed by atoms with Crippen LogP contribution >= 0.6 is 0 Å². The van der Waals surface area contributed by atoms with Gasteiger partial charge in [-0.1, -0.05) is 19.8 Å². The summed E-state index contributed by atoms with van der Waals surface area (Å²) in [4.78, 5) is 0.0284. The molecule has 2 aromatic rings. The molecule has 2 aromatic carbocycles. The Balaban J connectivity index is 1.98. The number of hydrogen-bond acceptors (Lipinski definition) is 3. The molecule has 0 unspecified atom stereocenters. The maximum atomic E-state index is 12.9. The summed E-state index contributed by atoms with van der Waals surface area (Å²) >= 11 is 0. The van der Waals surface area contributed by atoms with Gasteiger partial charge < -0.3 is 5.32 Å². The van der Waals surface area contributed by atoms with Crippen molar-refractivity contribution in [3.63, 3.8) is 0 Å². The van der Waals surface area contributed by atoms with Crippen molar-refractivity contribution in [2.75, 3.05) is 16.6 Å². The molecule has 0 aromatic heterocycles. The van der Waals surface area contributed by atoms with Crippen LogP contribution in [0.4, 0.5) is 15.8 Å². The lowest BCUT2D eigenvalue weighted by Gasteiger charge is -2.10. The van der Waals surface area contributed by atoms with Crippen molar-refractivity contribution in [3.8, 4) is 0 Å². The first-order chi connectivity index (χ1) is 11.0. The van der Waals surface area contributed by atoms with Crippen LogP contribution in [0, 0.1) is 5.82 Å². The standard InChI is InChI=1S/C17H21FN2O2S/c1-2-3-4-13-19-15-7-9-16(10-8-15)20-23(21,22)17-11-5-14(18)6-12-17/h5-12,19-20H,2-4,13H2,1H3. The molecule has 2 rings (SSSR count). The topological polar surface area (TPSA) is 58.2 Å². The molecule has 0 atom stereocenters. The lowest BCUT2D eigenvalue weighted by molar-refractivity contribution is 0.599. The van der Waals surface area contributed by atoms with Crippen molar-refractivity contribution in [2.45, 2.75) is 31.1 Å². The fourth-order valence-electron chi connectivity index (χ4n) is 2.09. The van der Waals surface area contributed by atoms with Crippen LogP contribution < -0.4 is 10.0 Å². The summed E-state index contributed by atoms with van der Waals surface area (Å²) in [6.07, 6.45) is 3.46. The van der Waals surface area contributed by atoms with Crippen molar-refractivity contribution in [2.24, 2.45) is 0 Å². The Hall–Kier alpha value is -2.08. The maximum Gasteiger partial charge on any atom is 0.261 e. The minimum atomic E-state index is -3.70. The molecule has 0 saturated carbocycles. The van der Waals surface area contributed by atoms with Gasteiger partial charge in [0.25, 0.3) is 10.0 Å². The Kier molecular flexibility index (Phi) is 5.98. The van der Waals surface area contributed by atoms with E-state index in [-0.39, 0.29) is 4.90 Å². The van der Waals surface area contributed by atoms with E-state index in [1.54, 1.807) is 12.1 Å². The third-order valence-electron chi connectivity index (χ3n) is 3.37. The predicted molar refractivity (Wildman–Crippen MR) is 91.7 cm³/mol. The molecule has 0 radical (unpaired) electrons. The summed E-state index contributed by atoms with van der Waals surface area (Å²) in [5.41, 5.74) is 1.42. The van der Waals surface area contributed by atoms with Crippen molar-refractivity contribution < 1.29 is 12.8 Å². The van der Waals surface area contributed by atoms with Gasteiger partial charge in [0, 0.05) is 17.9 Å². The highest BCUT2D eigenvalue weighted by Crippen LogP contribution is 2.18. The second-order valence-corrected chi connectivity index (χ2v) is 6.95. The van der Waals surface area contributed by atoms with Gasteiger partial charge in [0.05, 0.1) is 4.90 Å². The molecule has 0 heterocycles.